The minimum Gasteiger partial charge on any atom is -0.490 e. The van der Waals surface area contributed by atoms with E-state index in [0.29, 0.717) is 42.4 Å². The molecule has 0 fully saturated rings. The van der Waals surface area contributed by atoms with Crippen molar-refractivity contribution in [1.29, 1.82) is 0 Å². The van der Waals surface area contributed by atoms with Crippen LogP contribution in [0.5, 0.6) is 23.0 Å². The molecule has 3 rings (SSSR count). The molecule has 0 atom stereocenters. The van der Waals surface area contributed by atoms with Crippen molar-refractivity contribution in [1.82, 2.24) is 5.43 Å². The van der Waals surface area contributed by atoms with Gasteiger partial charge in [-0.05, 0) is 55.3 Å². The molecule has 0 aromatic heterocycles. The first kappa shape index (κ1) is 27.3. The van der Waals surface area contributed by atoms with Crippen LogP contribution in [0.2, 0.25) is 5.02 Å². The van der Waals surface area contributed by atoms with Gasteiger partial charge in [-0.1, -0.05) is 41.9 Å². The molecule has 9 nitrogen and oxygen atoms in total. The van der Waals surface area contributed by atoms with Gasteiger partial charge in [0.25, 0.3) is 5.91 Å². The second-order valence-corrected chi connectivity index (χ2v) is 7.92. The lowest BCUT2D eigenvalue weighted by molar-refractivity contribution is -0.139. The quantitative estimate of drug-likeness (QED) is 0.239. The SMILES string of the molecule is CCOc1cc(C(=O)N/N=C/c2cc(Cl)c(OCC(=O)O)c(OCC)c2)ccc1OCc1ccccc1. The molecule has 0 bridgehead atoms. The Kier molecular flexibility index (Phi) is 10.2. The predicted molar refractivity (Wildman–Crippen MR) is 139 cm³/mol. The lowest BCUT2D eigenvalue weighted by Crippen LogP contribution is -2.17. The second-order valence-electron chi connectivity index (χ2n) is 7.51. The lowest BCUT2D eigenvalue weighted by atomic mass is 10.2. The number of hydrogen-bond acceptors (Lipinski definition) is 7. The Hall–Kier alpha value is -4.24. The molecule has 3 aromatic carbocycles. The van der Waals surface area contributed by atoms with E-state index in [9.17, 15) is 9.59 Å². The molecular weight excluding hydrogens is 500 g/mol. The van der Waals surface area contributed by atoms with Gasteiger partial charge in [-0.25, -0.2) is 10.2 Å². The van der Waals surface area contributed by atoms with Gasteiger partial charge in [0.05, 0.1) is 24.5 Å². The van der Waals surface area contributed by atoms with Crippen molar-refractivity contribution in [3.8, 4) is 23.0 Å². The molecule has 194 valence electrons. The molecule has 3 aromatic rings. The largest absolute Gasteiger partial charge is 0.490 e. The van der Waals surface area contributed by atoms with Gasteiger partial charge in [0.1, 0.15) is 6.61 Å². The molecule has 0 unspecified atom stereocenters. The van der Waals surface area contributed by atoms with E-state index < -0.39 is 18.5 Å². The maximum Gasteiger partial charge on any atom is 0.341 e. The van der Waals surface area contributed by atoms with Crippen LogP contribution in [0, 0.1) is 0 Å². The minimum absolute atomic E-state index is 0.116. The van der Waals surface area contributed by atoms with Crippen LogP contribution >= 0.6 is 11.6 Å². The summed E-state index contributed by atoms with van der Waals surface area (Å²) < 4.78 is 22.3. The van der Waals surface area contributed by atoms with Gasteiger partial charge >= 0.3 is 5.97 Å². The van der Waals surface area contributed by atoms with Gasteiger partial charge < -0.3 is 24.1 Å². The molecule has 0 aliphatic heterocycles. The van der Waals surface area contributed by atoms with Crippen LogP contribution in [-0.2, 0) is 11.4 Å². The molecule has 0 radical (unpaired) electrons. The average Bonchev–Trinajstić information content (AvgIpc) is 2.88. The number of hydrogen-bond donors (Lipinski definition) is 2. The van der Waals surface area contributed by atoms with Gasteiger partial charge in [0.15, 0.2) is 29.6 Å². The second kappa shape index (κ2) is 13.7. The molecule has 10 heteroatoms. The smallest absolute Gasteiger partial charge is 0.341 e. The number of carboxylic acids is 1. The number of amides is 1. The first-order valence-corrected chi connectivity index (χ1v) is 11.9. The van der Waals surface area contributed by atoms with Crippen LogP contribution < -0.4 is 24.4 Å². The number of ether oxygens (including phenoxy) is 4. The van der Waals surface area contributed by atoms with Crippen molar-refractivity contribution in [3.63, 3.8) is 0 Å². The summed E-state index contributed by atoms with van der Waals surface area (Å²) in [6, 6.07) is 17.7. The molecule has 0 saturated carbocycles. The Labute approximate surface area is 219 Å². The summed E-state index contributed by atoms with van der Waals surface area (Å²) in [6.45, 7) is 4.12. The highest BCUT2D eigenvalue weighted by Gasteiger charge is 2.14. The standard InChI is InChI=1S/C27H27ClN2O7/c1-3-34-23-14-20(10-11-22(23)36-16-18-8-6-5-7-9-18)27(33)30-29-15-19-12-21(28)26(37-17-25(31)32)24(13-19)35-4-2/h5-15H,3-4,16-17H2,1-2H3,(H,30,33)(H,31,32)/b29-15+. The van der Waals surface area contributed by atoms with Gasteiger partial charge in [-0.3, -0.25) is 4.79 Å². The van der Waals surface area contributed by atoms with E-state index in [1.807, 2.05) is 37.3 Å². The number of carbonyl (C=O) groups is 2. The Morgan fingerprint density at radius 1 is 0.919 bits per heavy atom. The van der Waals surface area contributed by atoms with Crippen molar-refractivity contribution in [2.45, 2.75) is 20.5 Å². The normalized spacial score (nSPS) is 10.7. The molecule has 37 heavy (non-hydrogen) atoms. The zero-order valence-corrected chi connectivity index (χ0v) is 21.2. The minimum atomic E-state index is -1.14. The summed E-state index contributed by atoms with van der Waals surface area (Å²) in [5, 5.41) is 13.0. The van der Waals surface area contributed by atoms with Crippen molar-refractivity contribution >= 4 is 29.7 Å². The van der Waals surface area contributed by atoms with Gasteiger partial charge in [0, 0.05) is 5.56 Å². The van der Waals surface area contributed by atoms with E-state index in [1.165, 1.54) is 12.3 Å². The maximum absolute atomic E-state index is 12.7. The molecule has 0 aliphatic carbocycles. The average molecular weight is 527 g/mol. The highest BCUT2D eigenvalue weighted by Crippen LogP contribution is 2.36. The summed E-state index contributed by atoms with van der Waals surface area (Å²) in [5.41, 5.74) is 4.31. The molecular formula is C27H27ClN2O7. The van der Waals surface area contributed by atoms with E-state index in [0.717, 1.165) is 5.56 Å². The maximum atomic E-state index is 12.7. The summed E-state index contributed by atoms with van der Waals surface area (Å²) >= 11 is 6.25. The van der Waals surface area contributed by atoms with Crippen molar-refractivity contribution in [3.05, 3.63) is 82.4 Å². The van der Waals surface area contributed by atoms with E-state index in [-0.39, 0.29) is 16.5 Å². The highest BCUT2D eigenvalue weighted by atomic mass is 35.5. The predicted octanol–water partition coefficient (Wildman–Crippen LogP) is 4.94. The Balaban J connectivity index is 1.69. The lowest BCUT2D eigenvalue weighted by Gasteiger charge is -2.13. The summed E-state index contributed by atoms with van der Waals surface area (Å²) in [6.07, 6.45) is 1.38. The fourth-order valence-electron chi connectivity index (χ4n) is 3.20. The Morgan fingerprint density at radius 3 is 2.35 bits per heavy atom. The Bertz CT molecular complexity index is 1250. The molecule has 0 aliphatic rings. The fourth-order valence-corrected chi connectivity index (χ4v) is 3.48. The van der Waals surface area contributed by atoms with Crippen LogP contribution in [0.15, 0.2) is 65.8 Å². The van der Waals surface area contributed by atoms with Crippen LogP contribution in [0.3, 0.4) is 0 Å². The van der Waals surface area contributed by atoms with E-state index in [4.69, 9.17) is 35.7 Å². The monoisotopic (exact) mass is 526 g/mol. The summed E-state index contributed by atoms with van der Waals surface area (Å²) in [7, 11) is 0. The van der Waals surface area contributed by atoms with Crippen LogP contribution in [0.4, 0.5) is 0 Å². The van der Waals surface area contributed by atoms with Crippen LogP contribution in [0.1, 0.15) is 35.3 Å². The summed E-state index contributed by atoms with van der Waals surface area (Å²) in [5.74, 6) is -0.254. The van der Waals surface area contributed by atoms with E-state index >= 15 is 0 Å². The number of nitrogens with one attached hydrogen (secondary N) is 1. The fraction of sp³-hybridized carbons (Fsp3) is 0.222. The van der Waals surface area contributed by atoms with Crippen molar-refractivity contribution in [2.24, 2.45) is 5.10 Å². The molecule has 0 saturated heterocycles. The van der Waals surface area contributed by atoms with Crippen LogP contribution in [0.25, 0.3) is 0 Å². The third-order valence-electron chi connectivity index (χ3n) is 4.79. The van der Waals surface area contributed by atoms with E-state index in [1.54, 1.807) is 31.2 Å². The third kappa shape index (κ3) is 8.15. The van der Waals surface area contributed by atoms with Crippen molar-refractivity contribution in [2.75, 3.05) is 19.8 Å². The Morgan fingerprint density at radius 2 is 1.65 bits per heavy atom. The number of halogens is 1. The van der Waals surface area contributed by atoms with Gasteiger partial charge in [-0.2, -0.15) is 5.10 Å². The first-order valence-electron chi connectivity index (χ1n) is 11.5. The third-order valence-corrected chi connectivity index (χ3v) is 5.08. The molecule has 1 amide bonds. The number of aliphatic carboxylic acids is 1. The number of carboxylic acid groups (broad SMARTS) is 1. The molecule has 2 N–H and O–H groups in total. The zero-order chi connectivity index (χ0) is 26.6. The van der Waals surface area contributed by atoms with Gasteiger partial charge in [-0.15, -0.1) is 0 Å². The van der Waals surface area contributed by atoms with Crippen LogP contribution in [-0.4, -0.2) is 43.0 Å². The van der Waals surface area contributed by atoms with Gasteiger partial charge in [0.2, 0.25) is 0 Å². The topological polar surface area (TPSA) is 116 Å². The zero-order valence-electron chi connectivity index (χ0n) is 20.4. The molecule has 0 heterocycles. The number of carbonyl (C=O) groups excluding carboxylic acids is 1. The molecule has 0 spiro atoms. The number of nitrogens with zero attached hydrogens (tertiary/aromatic N) is 1. The summed E-state index contributed by atoms with van der Waals surface area (Å²) in [4.78, 5) is 23.5. The van der Waals surface area contributed by atoms with Crippen molar-refractivity contribution < 1.29 is 33.6 Å². The number of rotatable bonds is 13. The number of benzene rings is 3. The number of hydrazone groups is 1. The first-order chi connectivity index (χ1) is 17.9. The highest BCUT2D eigenvalue weighted by molar-refractivity contribution is 6.32. The van der Waals surface area contributed by atoms with E-state index in [2.05, 4.69) is 10.5 Å².